The Hall–Kier alpha value is -3.22. The minimum atomic E-state index is -0.338. The Bertz CT molecular complexity index is 1120. The maximum atomic E-state index is 13.3. The van der Waals surface area contributed by atoms with Gasteiger partial charge in [-0.05, 0) is 43.4 Å². The second kappa shape index (κ2) is 8.65. The normalized spacial score (nSPS) is 14.3. The third-order valence-corrected chi connectivity index (χ3v) is 5.31. The fourth-order valence-electron chi connectivity index (χ4n) is 3.91. The second-order valence-corrected chi connectivity index (χ2v) is 8.15. The summed E-state index contributed by atoms with van der Waals surface area (Å²) in [5.41, 5.74) is 0.738. The van der Waals surface area contributed by atoms with Crippen molar-refractivity contribution in [2.45, 2.75) is 39.7 Å². The Labute approximate surface area is 175 Å². The van der Waals surface area contributed by atoms with Gasteiger partial charge in [-0.25, -0.2) is 9.67 Å². The smallest absolute Gasteiger partial charge is 0.276 e. The number of rotatable bonds is 5. The summed E-state index contributed by atoms with van der Waals surface area (Å²) in [4.78, 5) is 32.8. The summed E-state index contributed by atoms with van der Waals surface area (Å²) >= 11 is 0. The number of pyridine rings is 1. The molecule has 1 aliphatic heterocycles. The molecule has 1 aromatic carbocycles. The highest BCUT2D eigenvalue weighted by atomic mass is 16.2. The molecule has 0 atom stereocenters. The van der Waals surface area contributed by atoms with Crippen LogP contribution in [0.25, 0.3) is 10.8 Å². The van der Waals surface area contributed by atoms with Gasteiger partial charge >= 0.3 is 0 Å². The van der Waals surface area contributed by atoms with Gasteiger partial charge in [-0.1, -0.05) is 32.0 Å². The maximum Gasteiger partial charge on any atom is 0.276 e. The van der Waals surface area contributed by atoms with Crippen LogP contribution in [0, 0.1) is 5.92 Å². The van der Waals surface area contributed by atoms with E-state index in [2.05, 4.69) is 20.3 Å². The molecule has 2 aromatic heterocycles. The molecule has 4 rings (SSSR count). The molecule has 7 nitrogen and oxygen atoms in total. The van der Waals surface area contributed by atoms with Crippen LogP contribution in [0.15, 0.2) is 47.4 Å². The van der Waals surface area contributed by atoms with Gasteiger partial charge in [-0.15, -0.1) is 0 Å². The van der Waals surface area contributed by atoms with Crippen molar-refractivity contribution in [2.75, 3.05) is 23.3 Å². The number of carbonyl (C=O) groups excluding carboxylic acids is 1. The predicted molar refractivity (Wildman–Crippen MR) is 119 cm³/mol. The van der Waals surface area contributed by atoms with Crippen molar-refractivity contribution in [1.82, 2.24) is 14.8 Å². The molecule has 0 bridgehead atoms. The summed E-state index contributed by atoms with van der Waals surface area (Å²) in [5, 5.41) is 8.49. The monoisotopic (exact) mass is 405 g/mol. The van der Waals surface area contributed by atoms with E-state index in [-0.39, 0.29) is 23.1 Å². The molecule has 0 saturated carbocycles. The van der Waals surface area contributed by atoms with Gasteiger partial charge in [0.1, 0.15) is 0 Å². The van der Waals surface area contributed by atoms with Gasteiger partial charge in [0.15, 0.2) is 11.5 Å². The van der Waals surface area contributed by atoms with E-state index in [4.69, 9.17) is 0 Å². The molecule has 1 fully saturated rings. The molecule has 3 aromatic rings. The average Bonchev–Trinajstić information content (AvgIpc) is 2.76. The minimum Gasteiger partial charge on any atom is -0.355 e. The topological polar surface area (TPSA) is 80.1 Å². The Morgan fingerprint density at radius 1 is 1.07 bits per heavy atom. The summed E-state index contributed by atoms with van der Waals surface area (Å²) < 4.78 is 1.40. The SMILES string of the molecule is CC(C)Cn1nc(C(=O)Nc2cccnc2N2CCCCC2)c2ccccc2c1=O. The van der Waals surface area contributed by atoms with E-state index < -0.39 is 0 Å². The lowest BCUT2D eigenvalue weighted by atomic mass is 10.1. The number of fused-ring (bicyclic) bond motifs is 1. The zero-order valence-electron chi connectivity index (χ0n) is 17.5. The van der Waals surface area contributed by atoms with E-state index in [9.17, 15) is 9.59 Å². The number of piperidine rings is 1. The van der Waals surface area contributed by atoms with Crippen LogP contribution >= 0.6 is 0 Å². The van der Waals surface area contributed by atoms with Gasteiger partial charge in [0, 0.05) is 31.2 Å². The number of hydrogen-bond acceptors (Lipinski definition) is 5. The van der Waals surface area contributed by atoms with Crippen molar-refractivity contribution in [3.63, 3.8) is 0 Å². The number of nitrogens with one attached hydrogen (secondary N) is 1. The number of amides is 1. The second-order valence-electron chi connectivity index (χ2n) is 8.15. The predicted octanol–water partition coefficient (Wildman–Crippen LogP) is 3.69. The van der Waals surface area contributed by atoms with E-state index in [0.29, 0.717) is 23.0 Å². The molecule has 0 spiro atoms. The highest BCUT2D eigenvalue weighted by Gasteiger charge is 2.21. The molecule has 0 unspecified atom stereocenters. The quantitative estimate of drug-likeness (QED) is 0.700. The van der Waals surface area contributed by atoms with Gasteiger partial charge in [0.2, 0.25) is 0 Å². The molecular formula is C23H27N5O2. The Kier molecular flexibility index (Phi) is 5.79. The Balaban J connectivity index is 1.72. The van der Waals surface area contributed by atoms with Gasteiger partial charge in [0.05, 0.1) is 11.1 Å². The van der Waals surface area contributed by atoms with Crippen LogP contribution < -0.4 is 15.8 Å². The van der Waals surface area contributed by atoms with Crippen molar-refractivity contribution in [3.05, 3.63) is 58.6 Å². The summed E-state index contributed by atoms with van der Waals surface area (Å²) in [7, 11) is 0. The minimum absolute atomic E-state index is 0.175. The van der Waals surface area contributed by atoms with Gasteiger partial charge in [-0.3, -0.25) is 9.59 Å². The fraction of sp³-hybridized carbons (Fsp3) is 0.391. The largest absolute Gasteiger partial charge is 0.355 e. The Morgan fingerprint density at radius 2 is 1.80 bits per heavy atom. The molecule has 1 aliphatic rings. The summed E-state index contributed by atoms with van der Waals surface area (Å²) in [6, 6.07) is 10.8. The van der Waals surface area contributed by atoms with Gasteiger partial charge in [0.25, 0.3) is 11.5 Å². The summed E-state index contributed by atoms with van der Waals surface area (Å²) in [6.07, 6.45) is 5.21. The van der Waals surface area contributed by atoms with Crippen molar-refractivity contribution in [3.8, 4) is 0 Å². The standard InChI is InChI=1S/C23H27N5O2/c1-16(2)15-28-23(30)18-10-5-4-9-17(18)20(26-28)22(29)25-19-11-8-12-24-21(19)27-13-6-3-7-14-27/h4-5,8-12,16H,3,6-7,13-15H2,1-2H3,(H,25,29). The van der Waals surface area contributed by atoms with Crippen molar-refractivity contribution in [1.29, 1.82) is 0 Å². The van der Waals surface area contributed by atoms with Crippen LogP contribution in [0.1, 0.15) is 43.6 Å². The van der Waals surface area contributed by atoms with E-state index >= 15 is 0 Å². The van der Waals surface area contributed by atoms with Gasteiger partial charge < -0.3 is 10.2 Å². The lowest BCUT2D eigenvalue weighted by Crippen LogP contribution is -2.32. The molecule has 3 heterocycles. The van der Waals surface area contributed by atoms with Crippen molar-refractivity contribution in [2.24, 2.45) is 5.92 Å². The first-order chi connectivity index (χ1) is 14.5. The molecule has 0 aliphatic carbocycles. The van der Waals surface area contributed by atoms with Crippen LogP contribution in [-0.4, -0.2) is 33.8 Å². The summed E-state index contributed by atoms with van der Waals surface area (Å²) in [6.45, 7) is 6.35. The Morgan fingerprint density at radius 3 is 2.53 bits per heavy atom. The zero-order chi connectivity index (χ0) is 21.1. The van der Waals surface area contributed by atoms with Gasteiger partial charge in [-0.2, -0.15) is 5.10 Å². The molecule has 0 radical (unpaired) electrons. The molecule has 7 heteroatoms. The maximum absolute atomic E-state index is 13.3. The lowest BCUT2D eigenvalue weighted by Gasteiger charge is -2.29. The molecular weight excluding hydrogens is 378 g/mol. The number of carbonyl (C=O) groups is 1. The highest BCUT2D eigenvalue weighted by Crippen LogP contribution is 2.26. The van der Waals surface area contributed by atoms with Crippen molar-refractivity contribution >= 4 is 28.2 Å². The van der Waals surface area contributed by atoms with Crippen LogP contribution in [0.4, 0.5) is 11.5 Å². The van der Waals surface area contributed by atoms with Crippen LogP contribution in [0.3, 0.4) is 0 Å². The number of anilines is 2. The van der Waals surface area contributed by atoms with E-state index in [1.54, 1.807) is 24.4 Å². The first-order valence-electron chi connectivity index (χ1n) is 10.6. The molecule has 156 valence electrons. The number of hydrogen-bond donors (Lipinski definition) is 1. The number of benzene rings is 1. The first-order valence-corrected chi connectivity index (χ1v) is 10.6. The fourth-order valence-corrected chi connectivity index (χ4v) is 3.91. The first kappa shape index (κ1) is 20.1. The van der Waals surface area contributed by atoms with E-state index in [1.807, 2.05) is 32.0 Å². The van der Waals surface area contributed by atoms with Crippen LogP contribution in [-0.2, 0) is 6.54 Å². The third-order valence-electron chi connectivity index (χ3n) is 5.31. The van der Waals surface area contributed by atoms with Crippen LogP contribution in [0.2, 0.25) is 0 Å². The molecule has 1 N–H and O–H groups in total. The lowest BCUT2D eigenvalue weighted by molar-refractivity contribution is 0.102. The molecule has 1 saturated heterocycles. The number of aromatic nitrogens is 3. The average molecular weight is 406 g/mol. The van der Waals surface area contributed by atoms with Crippen LogP contribution in [0.5, 0.6) is 0 Å². The molecule has 1 amide bonds. The van der Waals surface area contributed by atoms with E-state index in [1.165, 1.54) is 11.1 Å². The highest BCUT2D eigenvalue weighted by molar-refractivity contribution is 6.11. The zero-order valence-corrected chi connectivity index (χ0v) is 17.5. The third kappa shape index (κ3) is 4.06. The number of nitrogens with zero attached hydrogens (tertiary/aromatic N) is 4. The van der Waals surface area contributed by atoms with E-state index in [0.717, 1.165) is 31.7 Å². The molecule has 30 heavy (non-hydrogen) atoms. The van der Waals surface area contributed by atoms with Crippen molar-refractivity contribution < 1.29 is 4.79 Å². The summed E-state index contributed by atoms with van der Waals surface area (Å²) in [5.74, 6) is 0.677.